The van der Waals surface area contributed by atoms with Gasteiger partial charge in [0.05, 0.1) is 11.0 Å². The van der Waals surface area contributed by atoms with Crippen LogP contribution in [0.5, 0.6) is 11.5 Å². The summed E-state index contributed by atoms with van der Waals surface area (Å²) in [5, 5.41) is 0. The smallest absolute Gasteiger partial charge is 0.231 e. The second-order valence-electron chi connectivity index (χ2n) is 5.75. The molecule has 5 heteroatoms. The highest BCUT2D eigenvalue weighted by atomic mass is 16.7. The SMILES string of the molecule is CC(CN)n1c(C2CCC2)nc2cc3c(cc21)OCO3. The lowest BCUT2D eigenvalue weighted by Gasteiger charge is -2.27. The molecule has 1 fully saturated rings. The van der Waals surface area contributed by atoms with E-state index >= 15 is 0 Å². The first-order valence-corrected chi connectivity index (χ1v) is 7.29. The fourth-order valence-electron chi connectivity index (χ4n) is 3.03. The lowest BCUT2D eigenvalue weighted by molar-refractivity contribution is 0.174. The number of benzene rings is 1. The van der Waals surface area contributed by atoms with Gasteiger partial charge in [0.2, 0.25) is 6.79 Å². The van der Waals surface area contributed by atoms with Crippen LogP contribution in [0.25, 0.3) is 11.0 Å². The van der Waals surface area contributed by atoms with Crippen LogP contribution in [0.4, 0.5) is 0 Å². The largest absolute Gasteiger partial charge is 0.454 e. The van der Waals surface area contributed by atoms with Crippen LogP contribution < -0.4 is 15.2 Å². The first-order valence-electron chi connectivity index (χ1n) is 7.29. The Morgan fingerprint density at radius 1 is 1.35 bits per heavy atom. The normalized spacial score (nSPS) is 19.3. The molecule has 0 saturated heterocycles. The van der Waals surface area contributed by atoms with E-state index in [0.29, 0.717) is 19.3 Å². The van der Waals surface area contributed by atoms with Crippen molar-refractivity contribution in [2.75, 3.05) is 13.3 Å². The molecule has 4 rings (SSSR count). The molecular weight excluding hydrogens is 254 g/mol. The Balaban J connectivity index is 1.93. The third kappa shape index (κ3) is 1.62. The Kier molecular flexibility index (Phi) is 2.63. The first-order chi connectivity index (χ1) is 9.78. The summed E-state index contributed by atoms with van der Waals surface area (Å²) in [5.74, 6) is 3.35. The summed E-state index contributed by atoms with van der Waals surface area (Å²) >= 11 is 0. The summed E-state index contributed by atoms with van der Waals surface area (Å²) in [6, 6.07) is 4.27. The molecule has 1 aliphatic heterocycles. The Morgan fingerprint density at radius 3 is 2.75 bits per heavy atom. The van der Waals surface area contributed by atoms with Crippen LogP contribution in [-0.4, -0.2) is 22.9 Å². The maximum Gasteiger partial charge on any atom is 0.231 e. The Morgan fingerprint density at radius 2 is 2.10 bits per heavy atom. The number of nitrogens with two attached hydrogens (primary N) is 1. The monoisotopic (exact) mass is 273 g/mol. The van der Waals surface area contributed by atoms with E-state index in [9.17, 15) is 0 Å². The summed E-state index contributed by atoms with van der Waals surface area (Å²) in [7, 11) is 0. The molecule has 1 aliphatic carbocycles. The highest BCUT2D eigenvalue weighted by molar-refractivity contribution is 5.81. The van der Waals surface area contributed by atoms with Crippen molar-refractivity contribution in [1.82, 2.24) is 9.55 Å². The zero-order valence-corrected chi connectivity index (χ0v) is 11.6. The van der Waals surface area contributed by atoms with Crippen molar-refractivity contribution in [3.8, 4) is 11.5 Å². The van der Waals surface area contributed by atoms with Crippen molar-refractivity contribution in [3.63, 3.8) is 0 Å². The van der Waals surface area contributed by atoms with Crippen LogP contribution in [0.15, 0.2) is 12.1 Å². The van der Waals surface area contributed by atoms with Gasteiger partial charge in [0.15, 0.2) is 11.5 Å². The van der Waals surface area contributed by atoms with Gasteiger partial charge < -0.3 is 19.8 Å². The van der Waals surface area contributed by atoms with Crippen molar-refractivity contribution in [2.45, 2.75) is 38.1 Å². The molecule has 5 nitrogen and oxygen atoms in total. The van der Waals surface area contributed by atoms with Crippen LogP contribution in [0.2, 0.25) is 0 Å². The summed E-state index contributed by atoms with van der Waals surface area (Å²) < 4.78 is 13.2. The fourth-order valence-corrected chi connectivity index (χ4v) is 3.03. The Bertz CT molecular complexity index is 661. The highest BCUT2D eigenvalue weighted by Gasteiger charge is 2.28. The molecule has 2 aromatic rings. The number of nitrogens with zero attached hydrogens (tertiary/aromatic N) is 2. The van der Waals surface area contributed by atoms with E-state index in [4.69, 9.17) is 20.2 Å². The van der Waals surface area contributed by atoms with E-state index in [1.807, 2.05) is 12.1 Å². The Hall–Kier alpha value is -1.75. The molecule has 1 aromatic heterocycles. The van der Waals surface area contributed by atoms with Crippen LogP contribution in [0.3, 0.4) is 0 Å². The second kappa shape index (κ2) is 4.38. The fraction of sp³-hybridized carbons (Fsp3) is 0.533. The lowest BCUT2D eigenvalue weighted by Crippen LogP contribution is -2.22. The van der Waals surface area contributed by atoms with Gasteiger partial charge in [-0.15, -0.1) is 0 Å². The number of ether oxygens (including phenoxy) is 2. The lowest BCUT2D eigenvalue weighted by atomic mass is 9.84. The molecule has 106 valence electrons. The van der Waals surface area contributed by atoms with Gasteiger partial charge >= 0.3 is 0 Å². The minimum atomic E-state index is 0.246. The summed E-state index contributed by atoms with van der Waals surface area (Å²) in [5.41, 5.74) is 7.98. The molecule has 1 atom stereocenters. The van der Waals surface area contributed by atoms with Gasteiger partial charge in [-0.05, 0) is 19.8 Å². The standard InChI is InChI=1S/C15H19N3O2/c1-9(7-16)18-12-6-14-13(19-8-20-14)5-11(12)17-15(18)10-3-2-4-10/h5-6,9-10H,2-4,7-8,16H2,1H3. The molecule has 2 aliphatic rings. The number of hydrogen-bond acceptors (Lipinski definition) is 4. The second-order valence-corrected chi connectivity index (χ2v) is 5.75. The zero-order valence-electron chi connectivity index (χ0n) is 11.6. The highest BCUT2D eigenvalue weighted by Crippen LogP contribution is 2.41. The van der Waals surface area contributed by atoms with E-state index in [0.717, 1.165) is 22.5 Å². The first kappa shape index (κ1) is 12.0. The summed E-state index contributed by atoms with van der Waals surface area (Å²) in [6.07, 6.45) is 3.76. The molecule has 0 radical (unpaired) electrons. The minimum absolute atomic E-state index is 0.246. The number of fused-ring (bicyclic) bond motifs is 2. The molecule has 1 unspecified atom stereocenters. The van der Waals surface area contributed by atoms with Crippen LogP contribution in [0.1, 0.15) is 44.0 Å². The molecular formula is C15H19N3O2. The van der Waals surface area contributed by atoms with Crippen molar-refractivity contribution >= 4 is 11.0 Å². The van der Waals surface area contributed by atoms with Crippen LogP contribution >= 0.6 is 0 Å². The van der Waals surface area contributed by atoms with Crippen molar-refractivity contribution in [2.24, 2.45) is 5.73 Å². The van der Waals surface area contributed by atoms with E-state index < -0.39 is 0 Å². The maximum atomic E-state index is 5.89. The Labute approximate surface area is 117 Å². The van der Waals surface area contributed by atoms with Crippen LogP contribution in [-0.2, 0) is 0 Å². The molecule has 0 spiro atoms. The van der Waals surface area contributed by atoms with Crippen molar-refractivity contribution < 1.29 is 9.47 Å². The number of rotatable bonds is 3. The molecule has 1 aromatic carbocycles. The van der Waals surface area contributed by atoms with Gasteiger partial charge in [0.1, 0.15) is 5.82 Å². The minimum Gasteiger partial charge on any atom is -0.454 e. The van der Waals surface area contributed by atoms with Crippen molar-refractivity contribution in [1.29, 1.82) is 0 Å². The third-order valence-corrected chi connectivity index (χ3v) is 4.46. The van der Waals surface area contributed by atoms with Gasteiger partial charge in [0.25, 0.3) is 0 Å². The quantitative estimate of drug-likeness (QED) is 0.933. The van der Waals surface area contributed by atoms with E-state index in [1.165, 1.54) is 25.1 Å². The van der Waals surface area contributed by atoms with Crippen molar-refractivity contribution in [3.05, 3.63) is 18.0 Å². The molecule has 2 N–H and O–H groups in total. The van der Waals surface area contributed by atoms with Gasteiger partial charge in [0, 0.05) is 30.6 Å². The topological polar surface area (TPSA) is 62.3 Å². The van der Waals surface area contributed by atoms with Gasteiger partial charge in [-0.1, -0.05) is 6.42 Å². The van der Waals surface area contributed by atoms with E-state index in [-0.39, 0.29) is 6.04 Å². The van der Waals surface area contributed by atoms with Gasteiger partial charge in [-0.2, -0.15) is 0 Å². The van der Waals surface area contributed by atoms with E-state index in [2.05, 4.69) is 11.5 Å². The molecule has 20 heavy (non-hydrogen) atoms. The zero-order chi connectivity index (χ0) is 13.7. The van der Waals surface area contributed by atoms with Crippen LogP contribution in [0, 0.1) is 0 Å². The molecule has 2 heterocycles. The summed E-state index contributed by atoms with van der Waals surface area (Å²) in [4.78, 5) is 4.85. The average molecular weight is 273 g/mol. The predicted octanol–water partition coefficient (Wildman–Crippen LogP) is 2.55. The maximum absolute atomic E-state index is 5.89. The number of hydrogen-bond donors (Lipinski definition) is 1. The number of imidazole rings is 1. The number of aromatic nitrogens is 2. The third-order valence-electron chi connectivity index (χ3n) is 4.46. The van der Waals surface area contributed by atoms with Gasteiger partial charge in [-0.3, -0.25) is 0 Å². The molecule has 1 saturated carbocycles. The molecule has 0 bridgehead atoms. The predicted molar refractivity (Wildman–Crippen MR) is 76.2 cm³/mol. The summed E-state index contributed by atoms with van der Waals surface area (Å²) in [6.45, 7) is 3.05. The van der Waals surface area contributed by atoms with E-state index in [1.54, 1.807) is 0 Å². The molecule has 0 amide bonds. The average Bonchev–Trinajstić information content (AvgIpc) is 2.96. The van der Waals surface area contributed by atoms with Gasteiger partial charge in [-0.25, -0.2) is 4.98 Å².